The SMILES string of the molecule is Oc1ccc2c(c1)CC1(CCN(c3cnccn3)CC1)C2. The third-order valence-corrected chi connectivity index (χ3v) is 5.02. The molecule has 0 amide bonds. The van der Waals surface area contributed by atoms with Crippen LogP contribution in [0.2, 0.25) is 0 Å². The molecular weight excluding hydrogens is 262 g/mol. The molecule has 1 spiro atoms. The predicted octanol–water partition coefficient (Wildman–Crippen LogP) is 2.57. The van der Waals surface area contributed by atoms with Crippen molar-refractivity contribution in [2.45, 2.75) is 25.7 Å². The number of hydrogen-bond donors (Lipinski definition) is 1. The third-order valence-electron chi connectivity index (χ3n) is 5.02. The summed E-state index contributed by atoms with van der Waals surface area (Å²) in [4.78, 5) is 10.9. The fourth-order valence-electron chi connectivity index (χ4n) is 3.84. The number of phenolic OH excluding ortho intramolecular Hbond substituents is 1. The van der Waals surface area contributed by atoms with E-state index in [0.29, 0.717) is 11.2 Å². The lowest BCUT2D eigenvalue weighted by molar-refractivity contribution is 0.232. The van der Waals surface area contributed by atoms with Gasteiger partial charge in [-0.2, -0.15) is 0 Å². The Labute approximate surface area is 124 Å². The van der Waals surface area contributed by atoms with Crippen molar-refractivity contribution in [3.63, 3.8) is 0 Å². The number of aromatic nitrogens is 2. The molecular formula is C17H19N3O. The highest BCUT2D eigenvalue weighted by molar-refractivity contribution is 5.42. The summed E-state index contributed by atoms with van der Waals surface area (Å²) in [5, 5.41) is 9.65. The summed E-state index contributed by atoms with van der Waals surface area (Å²) in [5.41, 5.74) is 3.14. The second-order valence-corrected chi connectivity index (χ2v) is 6.36. The number of hydrogen-bond acceptors (Lipinski definition) is 4. The van der Waals surface area contributed by atoms with E-state index in [-0.39, 0.29) is 0 Å². The first-order valence-electron chi connectivity index (χ1n) is 7.56. The van der Waals surface area contributed by atoms with Gasteiger partial charge in [0.15, 0.2) is 0 Å². The normalized spacial score (nSPS) is 19.7. The van der Waals surface area contributed by atoms with E-state index in [9.17, 15) is 5.11 Å². The van der Waals surface area contributed by atoms with E-state index >= 15 is 0 Å². The van der Waals surface area contributed by atoms with Crippen LogP contribution in [0.25, 0.3) is 0 Å². The van der Waals surface area contributed by atoms with Crippen molar-refractivity contribution in [3.8, 4) is 5.75 Å². The Kier molecular flexibility index (Phi) is 2.84. The lowest BCUT2D eigenvalue weighted by atomic mass is 9.76. The fraction of sp³-hybridized carbons (Fsp3) is 0.412. The van der Waals surface area contributed by atoms with E-state index in [1.807, 2.05) is 18.3 Å². The Balaban J connectivity index is 1.49. The average Bonchev–Trinajstić information content (AvgIpc) is 2.86. The summed E-state index contributed by atoms with van der Waals surface area (Å²) in [6.45, 7) is 2.08. The summed E-state index contributed by atoms with van der Waals surface area (Å²) in [6, 6.07) is 5.85. The zero-order valence-corrected chi connectivity index (χ0v) is 12.0. The maximum Gasteiger partial charge on any atom is 0.147 e. The summed E-state index contributed by atoms with van der Waals surface area (Å²) < 4.78 is 0. The van der Waals surface area contributed by atoms with Crippen molar-refractivity contribution in [1.82, 2.24) is 9.97 Å². The molecule has 0 radical (unpaired) electrons. The van der Waals surface area contributed by atoms with Crippen LogP contribution in [0.3, 0.4) is 0 Å². The number of rotatable bonds is 1. The number of nitrogens with zero attached hydrogens (tertiary/aromatic N) is 3. The molecule has 1 saturated heterocycles. The van der Waals surface area contributed by atoms with Crippen LogP contribution in [-0.2, 0) is 12.8 Å². The number of piperidine rings is 1. The molecule has 108 valence electrons. The summed E-state index contributed by atoms with van der Waals surface area (Å²) in [5.74, 6) is 1.38. The van der Waals surface area contributed by atoms with Gasteiger partial charge in [-0.05, 0) is 54.4 Å². The maximum atomic E-state index is 9.65. The van der Waals surface area contributed by atoms with Crippen LogP contribution >= 0.6 is 0 Å². The van der Waals surface area contributed by atoms with Crippen molar-refractivity contribution >= 4 is 5.82 Å². The van der Waals surface area contributed by atoms with E-state index < -0.39 is 0 Å². The van der Waals surface area contributed by atoms with Crippen molar-refractivity contribution in [1.29, 1.82) is 0 Å². The van der Waals surface area contributed by atoms with Gasteiger partial charge in [-0.25, -0.2) is 4.98 Å². The van der Waals surface area contributed by atoms with Crippen molar-refractivity contribution in [2.75, 3.05) is 18.0 Å². The Bertz CT molecular complexity index is 648. The second kappa shape index (κ2) is 4.72. The van der Waals surface area contributed by atoms with Gasteiger partial charge < -0.3 is 10.0 Å². The molecule has 0 unspecified atom stereocenters. The Morgan fingerprint density at radius 3 is 2.62 bits per heavy atom. The van der Waals surface area contributed by atoms with Crippen LogP contribution in [0.4, 0.5) is 5.82 Å². The quantitative estimate of drug-likeness (QED) is 0.873. The molecule has 4 rings (SSSR count). The maximum absolute atomic E-state index is 9.65. The second-order valence-electron chi connectivity index (χ2n) is 6.36. The van der Waals surface area contributed by atoms with E-state index in [1.165, 1.54) is 24.0 Å². The van der Waals surface area contributed by atoms with Crippen LogP contribution < -0.4 is 4.90 Å². The first-order valence-corrected chi connectivity index (χ1v) is 7.56. The monoisotopic (exact) mass is 281 g/mol. The fourth-order valence-corrected chi connectivity index (χ4v) is 3.84. The zero-order valence-electron chi connectivity index (χ0n) is 12.0. The lowest BCUT2D eigenvalue weighted by Gasteiger charge is -2.39. The molecule has 1 aliphatic carbocycles. The minimum atomic E-state index is 0.384. The first kappa shape index (κ1) is 12.6. The lowest BCUT2D eigenvalue weighted by Crippen LogP contribution is -2.41. The predicted molar refractivity (Wildman–Crippen MR) is 81.4 cm³/mol. The third kappa shape index (κ3) is 2.24. The molecule has 4 nitrogen and oxygen atoms in total. The van der Waals surface area contributed by atoms with Crippen LogP contribution in [0.15, 0.2) is 36.8 Å². The molecule has 0 bridgehead atoms. The van der Waals surface area contributed by atoms with Crippen LogP contribution in [0.5, 0.6) is 5.75 Å². The molecule has 2 aromatic rings. The van der Waals surface area contributed by atoms with Crippen molar-refractivity contribution in [2.24, 2.45) is 5.41 Å². The number of phenols is 1. The largest absolute Gasteiger partial charge is 0.508 e. The van der Waals surface area contributed by atoms with Gasteiger partial charge >= 0.3 is 0 Å². The molecule has 1 aliphatic heterocycles. The number of anilines is 1. The van der Waals surface area contributed by atoms with E-state index in [4.69, 9.17) is 0 Å². The van der Waals surface area contributed by atoms with Gasteiger partial charge in [0, 0.05) is 25.5 Å². The molecule has 1 aromatic heterocycles. The van der Waals surface area contributed by atoms with Gasteiger partial charge in [0.05, 0.1) is 6.20 Å². The van der Waals surface area contributed by atoms with Gasteiger partial charge in [-0.15, -0.1) is 0 Å². The van der Waals surface area contributed by atoms with Crippen LogP contribution in [0.1, 0.15) is 24.0 Å². The molecule has 2 heterocycles. The van der Waals surface area contributed by atoms with Crippen LogP contribution in [-0.4, -0.2) is 28.2 Å². The highest BCUT2D eigenvalue weighted by Gasteiger charge is 2.40. The molecule has 1 aromatic carbocycles. The van der Waals surface area contributed by atoms with Gasteiger partial charge in [0.25, 0.3) is 0 Å². The van der Waals surface area contributed by atoms with Gasteiger partial charge in [-0.3, -0.25) is 4.98 Å². The molecule has 1 N–H and O–H groups in total. The van der Waals surface area contributed by atoms with Gasteiger partial charge in [0.2, 0.25) is 0 Å². The summed E-state index contributed by atoms with van der Waals surface area (Å²) in [6.07, 6.45) is 9.93. The average molecular weight is 281 g/mol. The summed E-state index contributed by atoms with van der Waals surface area (Å²) >= 11 is 0. The number of benzene rings is 1. The minimum absolute atomic E-state index is 0.384. The topological polar surface area (TPSA) is 49.2 Å². The van der Waals surface area contributed by atoms with Crippen LogP contribution in [0, 0.1) is 5.41 Å². The molecule has 2 aliphatic rings. The molecule has 0 saturated carbocycles. The number of fused-ring (bicyclic) bond motifs is 1. The molecule has 0 atom stereocenters. The highest BCUT2D eigenvalue weighted by atomic mass is 16.3. The highest BCUT2D eigenvalue weighted by Crippen LogP contribution is 2.45. The zero-order chi connectivity index (χ0) is 14.3. The van der Waals surface area contributed by atoms with Crippen molar-refractivity contribution < 1.29 is 5.11 Å². The van der Waals surface area contributed by atoms with Gasteiger partial charge in [-0.1, -0.05) is 6.07 Å². The molecule has 21 heavy (non-hydrogen) atoms. The Hall–Kier alpha value is -2.10. The number of aromatic hydroxyl groups is 1. The summed E-state index contributed by atoms with van der Waals surface area (Å²) in [7, 11) is 0. The van der Waals surface area contributed by atoms with Crippen molar-refractivity contribution in [3.05, 3.63) is 47.9 Å². The first-order chi connectivity index (χ1) is 10.2. The Morgan fingerprint density at radius 1 is 1.05 bits per heavy atom. The van der Waals surface area contributed by atoms with E-state index in [0.717, 1.165) is 31.7 Å². The Morgan fingerprint density at radius 2 is 1.86 bits per heavy atom. The smallest absolute Gasteiger partial charge is 0.147 e. The standard InChI is InChI=1S/C17H19N3O/c21-15-2-1-13-10-17(11-14(13)9-15)3-7-20(8-4-17)16-12-18-5-6-19-16/h1-2,5-6,9,12,21H,3-4,7-8,10-11H2. The minimum Gasteiger partial charge on any atom is -0.508 e. The molecule has 1 fully saturated rings. The van der Waals surface area contributed by atoms with E-state index in [2.05, 4.69) is 20.9 Å². The van der Waals surface area contributed by atoms with Gasteiger partial charge in [0.1, 0.15) is 11.6 Å². The van der Waals surface area contributed by atoms with E-state index in [1.54, 1.807) is 12.4 Å². The molecule has 4 heteroatoms.